The van der Waals surface area contributed by atoms with Crippen LogP contribution in [0.3, 0.4) is 0 Å². The van der Waals surface area contributed by atoms with E-state index in [2.05, 4.69) is 23.3 Å². The third-order valence-corrected chi connectivity index (χ3v) is 3.53. The van der Waals surface area contributed by atoms with Crippen LogP contribution in [0.4, 0.5) is 0 Å². The summed E-state index contributed by atoms with van der Waals surface area (Å²) in [4.78, 5) is 4.22. The molecular weight excluding hydrogens is 224 g/mol. The summed E-state index contributed by atoms with van der Waals surface area (Å²) in [6, 6.07) is 4.60. The van der Waals surface area contributed by atoms with Crippen LogP contribution in [0.2, 0.25) is 0 Å². The number of hydrogen-bond donors (Lipinski definition) is 1. The minimum atomic E-state index is 0.419. The highest BCUT2D eigenvalue weighted by Crippen LogP contribution is 2.23. The highest BCUT2D eigenvalue weighted by molar-refractivity contribution is 5.13. The lowest BCUT2D eigenvalue weighted by Crippen LogP contribution is -2.23. The zero-order valence-corrected chi connectivity index (χ0v) is 11.3. The van der Waals surface area contributed by atoms with E-state index in [1.54, 1.807) is 0 Å². The predicted molar refractivity (Wildman–Crippen MR) is 73.5 cm³/mol. The molecule has 1 N–H and O–H groups in total. The Morgan fingerprint density at radius 3 is 3.17 bits per heavy atom. The number of hydrogen-bond acceptors (Lipinski definition) is 3. The largest absolute Gasteiger partial charge is 0.378 e. The van der Waals surface area contributed by atoms with Crippen LogP contribution in [0.15, 0.2) is 24.5 Å². The summed E-state index contributed by atoms with van der Waals surface area (Å²) in [6.45, 7) is 4.21. The number of pyridine rings is 1. The first kappa shape index (κ1) is 13.5. The first-order valence-corrected chi connectivity index (χ1v) is 7.15. The lowest BCUT2D eigenvalue weighted by atomic mass is 10.0. The van der Waals surface area contributed by atoms with Crippen LogP contribution in [0.5, 0.6) is 0 Å². The normalized spacial score (nSPS) is 21.1. The van der Waals surface area contributed by atoms with E-state index in [4.69, 9.17) is 4.74 Å². The molecular formula is C15H24N2O. The molecule has 0 aromatic carbocycles. The van der Waals surface area contributed by atoms with Gasteiger partial charge >= 0.3 is 0 Å². The molecule has 0 amide bonds. The van der Waals surface area contributed by atoms with Crippen LogP contribution in [-0.4, -0.2) is 24.2 Å². The number of rotatable bonds is 7. The summed E-state index contributed by atoms with van der Waals surface area (Å²) < 4.78 is 5.70. The Morgan fingerprint density at radius 1 is 1.56 bits per heavy atom. The first-order chi connectivity index (χ1) is 8.90. The monoisotopic (exact) mass is 248 g/mol. The molecule has 0 saturated carbocycles. The lowest BCUT2D eigenvalue weighted by Gasteiger charge is -2.20. The Balaban J connectivity index is 1.87. The van der Waals surface area contributed by atoms with Crippen molar-refractivity contribution in [3.05, 3.63) is 30.1 Å². The van der Waals surface area contributed by atoms with E-state index in [9.17, 15) is 0 Å². The molecule has 0 spiro atoms. The van der Waals surface area contributed by atoms with Crippen molar-refractivity contribution in [2.75, 3.05) is 13.2 Å². The molecule has 2 atom stereocenters. The van der Waals surface area contributed by atoms with Gasteiger partial charge in [0.15, 0.2) is 0 Å². The SMILES string of the molecule is CCCNC(CCC1CCCO1)c1cccnc1. The third kappa shape index (κ3) is 4.07. The molecule has 0 bridgehead atoms. The Morgan fingerprint density at radius 2 is 2.50 bits per heavy atom. The molecule has 0 radical (unpaired) electrons. The van der Waals surface area contributed by atoms with E-state index >= 15 is 0 Å². The Labute approximate surface area is 110 Å². The van der Waals surface area contributed by atoms with Gasteiger partial charge in [-0.3, -0.25) is 4.98 Å². The first-order valence-electron chi connectivity index (χ1n) is 7.15. The van der Waals surface area contributed by atoms with Gasteiger partial charge in [0.2, 0.25) is 0 Å². The minimum Gasteiger partial charge on any atom is -0.378 e. The topological polar surface area (TPSA) is 34.1 Å². The van der Waals surface area contributed by atoms with E-state index in [-0.39, 0.29) is 0 Å². The van der Waals surface area contributed by atoms with Crippen molar-refractivity contribution >= 4 is 0 Å². The molecule has 2 unspecified atom stereocenters. The molecule has 2 rings (SSSR count). The van der Waals surface area contributed by atoms with Gasteiger partial charge in [-0.25, -0.2) is 0 Å². The van der Waals surface area contributed by atoms with Gasteiger partial charge in [0.05, 0.1) is 6.10 Å². The zero-order chi connectivity index (χ0) is 12.6. The van der Waals surface area contributed by atoms with Crippen molar-refractivity contribution in [1.29, 1.82) is 0 Å². The van der Waals surface area contributed by atoms with Gasteiger partial charge in [-0.05, 0) is 50.3 Å². The summed E-state index contributed by atoms with van der Waals surface area (Å²) in [6.07, 6.45) is 10.2. The van der Waals surface area contributed by atoms with Crippen molar-refractivity contribution in [1.82, 2.24) is 10.3 Å². The molecule has 1 aromatic heterocycles. The number of aromatic nitrogens is 1. The average Bonchev–Trinajstić information content (AvgIpc) is 2.93. The lowest BCUT2D eigenvalue weighted by molar-refractivity contribution is 0.0996. The van der Waals surface area contributed by atoms with Gasteiger partial charge in [-0.15, -0.1) is 0 Å². The molecule has 3 heteroatoms. The second kappa shape index (κ2) is 7.49. The zero-order valence-electron chi connectivity index (χ0n) is 11.3. The van der Waals surface area contributed by atoms with Crippen LogP contribution in [0.1, 0.15) is 50.6 Å². The fraction of sp³-hybridized carbons (Fsp3) is 0.667. The maximum atomic E-state index is 5.70. The molecule has 1 aliphatic rings. The Hall–Kier alpha value is -0.930. The van der Waals surface area contributed by atoms with Gasteiger partial charge in [0, 0.05) is 25.0 Å². The maximum Gasteiger partial charge on any atom is 0.0576 e. The van der Waals surface area contributed by atoms with Crippen molar-refractivity contribution in [2.24, 2.45) is 0 Å². The van der Waals surface area contributed by atoms with Gasteiger partial charge < -0.3 is 10.1 Å². The second-order valence-corrected chi connectivity index (χ2v) is 5.01. The summed E-state index contributed by atoms with van der Waals surface area (Å²) in [5.41, 5.74) is 1.30. The van der Waals surface area contributed by atoms with Crippen LogP contribution >= 0.6 is 0 Å². The van der Waals surface area contributed by atoms with Gasteiger partial charge in [0.25, 0.3) is 0 Å². The van der Waals surface area contributed by atoms with Crippen molar-refractivity contribution in [3.63, 3.8) is 0 Å². The van der Waals surface area contributed by atoms with Crippen molar-refractivity contribution in [3.8, 4) is 0 Å². The van der Waals surface area contributed by atoms with Crippen LogP contribution < -0.4 is 5.32 Å². The van der Waals surface area contributed by atoms with E-state index in [1.165, 1.54) is 18.4 Å². The molecule has 100 valence electrons. The molecule has 2 heterocycles. The summed E-state index contributed by atoms with van der Waals surface area (Å²) in [7, 11) is 0. The molecule has 18 heavy (non-hydrogen) atoms. The highest BCUT2D eigenvalue weighted by atomic mass is 16.5. The minimum absolute atomic E-state index is 0.419. The van der Waals surface area contributed by atoms with Crippen molar-refractivity contribution in [2.45, 2.75) is 51.2 Å². The second-order valence-electron chi connectivity index (χ2n) is 5.01. The molecule has 1 saturated heterocycles. The molecule has 1 aliphatic heterocycles. The van der Waals surface area contributed by atoms with Crippen LogP contribution in [-0.2, 0) is 4.74 Å². The fourth-order valence-corrected chi connectivity index (χ4v) is 2.51. The summed E-state index contributed by atoms with van der Waals surface area (Å²) in [5.74, 6) is 0. The summed E-state index contributed by atoms with van der Waals surface area (Å²) in [5, 5.41) is 3.61. The quantitative estimate of drug-likeness (QED) is 0.805. The molecule has 3 nitrogen and oxygen atoms in total. The number of nitrogens with zero attached hydrogens (tertiary/aromatic N) is 1. The fourth-order valence-electron chi connectivity index (χ4n) is 2.51. The predicted octanol–water partition coefficient (Wildman–Crippen LogP) is 3.08. The Bertz CT molecular complexity index is 323. The van der Waals surface area contributed by atoms with Gasteiger partial charge in [0.1, 0.15) is 0 Å². The standard InChI is InChI=1S/C15H24N2O/c1-2-9-17-15(13-5-3-10-16-12-13)8-7-14-6-4-11-18-14/h3,5,10,12,14-15,17H,2,4,6-9,11H2,1H3. The molecule has 0 aliphatic carbocycles. The molecule has 1 fully saturated rings. The Kier molecular flexibility index (Phi) is 5.62. The van der Waals surface area contributed by atoms with Crippen molar-refractivity contribution < 1.29 is 4.74 Å². The van der Waals surface area contributed by atoms with Crippen LogP contribution in [0, 0.1) is 0 Å². The van der Waals surface area contributed by atoms with E-state index in [0.29, 0.717) is 12.1 Å². The number of nitrogens with one attached hydrogen (secondary N) is 1. The van der Waals surface area contributed by atoms with Crippen LogP contribution in [0.25, 0.3) is 0 Å². The average molecular weight is 248 g/mol. The van der Waals surface area contributed by atoms with E-state index < -0.39 is 0 Å². The van der Waals surface area contributed by atoms with Gasteiger partial charge in [-0.1, -0.05) is 13.0 Å². The smallest absolute Gasteiger partial charge is 0.0576 e. The van der Waals surface area contributed by atoms with E-state index in [0.717, 1.165) is 32.4 Å². The van der Waals surface area contributed by atoms with Gasteiger partial charge in [-0.2, -0.15) is 0 Å². The molecule has 1 aromatic rings. The maximum absolute atomic E-state index is 5.70. The van der Waals surface area contributed by atoms with E-state index in [1.807, 2.05) is 18.5 Å². The number of ether oxygens (including phenoxy) is 1. The highest BCUT2D eigenvalue weighted by Gasteiger charge is 2.18. The summed E-state index contributed by atoms with van der Waals surface area (Å²) >= 11 is 0. The third-order valence-electron chi connectivity index (χ3n) is 3.53.